The molecule has 4 heterocycles. The standard InChI is InChI=1S/C25H32N4O/c30-18-22-17-29(12-8-20-5-2-1-3-6-20)19-25(22)9-13-28(14-10-25)16-21-15-27-24-23(21)7-4-11-26-24/h1-7,11,15,22,30H,8-10,12-14,16-19H2,(H,26,27). The Labute approximate surface area is 178 Å². The summed E-state index contributed by atoms with van der Waals surface area (Å²) in [5, 5.41) is 11.4. The summed E-state index contributed by atoms with van der Waals surface area (Å²) in [7, 11) is 0. The number of aliphatic hydroxyl groups excluding tert-OH is 1. The lowest BCUT2D eigenvalue weighted by atomic mass is 9.71. The molecule has 30 heavy (non-hydrogen) atoms. The molecule has 0 bridgehead atoms. The Morgan fingerprint density at radius 1 is 1.07 bits per heavy atom. The number of aromatic nitrogens is 2. The lowest BCUT2D eigenvalue weighted by Gasteiger charge is -2.42. The van der Waals surface area contributed by atoms with Crippen LogP contribution in [0.4, 0.5) is 0 Å². The number of hydrogen-bond donors (Lipinski definition) is 2. The van der Waals surface area contributed by atoms with E-state index in [9.17, 15) is 5.11 Å². The number of H-pyrrole nitrogens is 1. The van der Waals surface area contributed by atoms with Gasteiger partial charge in [-0.3, -0.25) is 4.90 Å². The quantitative estimate of drug-likeness (QED) is 0.662. The van der Waals surface area contributed by atoms with Gasteiger partial charge in [0, 0.05) is 56.5 Å². The number of likely N-dealkylation sites (tertiary alicyclic amines) is 2. The van der Waals surface area contributed by atoms with Crippen LogP contribution in [0.1, 0.15) is 24.0 Å². The van der Waals surface area contributed by atoms with Gasteiger partial charge in [0.1, 0.15) is 5.65 Å². The van der Waals surface area contributed by atoms with Crippen LogP contribution in [-0.2, 0) is 13.0 Å². The molecule has 0 saturated carbocycles. The van der Waals surface area contributed by atoms with Crippen molar-refractivity contribution in [2.24, 2.45) is 11.3 Å². The zero-order valence-electron chi connectivity index (χ0n) is 17.6. The highest BCUT2D eigenvalue weighted by molar-refractivity contribution is 5.79. The summed E-state index contributed by atoms with van der Waals surface area (Å²) < 4.78 is 0. The van der Waals surface area contributed by atoms with Crippen molar-refractivity contribution in [3.8, 4) is 0 Å². The molecule has 2 N–H and O–H groups in total. The maximum atomic E-state index is 10.1. The summed E-state index contributed by atoms with van der Waals surface area (Å²) in [4.78, 5) is 12.9. The second-order valence-electron chi connectivity index (χ2n) is 9.20. The Morgan fingerprint density at radius 2 is 1.90 bits per heavy atom. The normalized spacial score (nSPS) is 22.2. The molecule has 1 spiro atoms. The van der Waals surface area contributed by atoms with Crippen molar-refractivity contribution in [2.75, 3.05) is 39.3 Å². The summed E-state index contributed by atoms with van der Waals surface area (Å²) in [6.07, 6.45) is 7.41. The van der Waals surface area contributed by atoms with Crippen LogP contribution in [0.5, 0.6) is 0 Å². The second kappa shape index (κ2) is 8.50. The minimum Gasteiger partial charge on any atom is -0.396 e. The fourth-order valence-electron chi connectivity index (χ4n) is 5.61. The van der Waals surface area contributed by atoms with Crippen LogP contribution in [0.2, 0.25) is 0 Å². The highest BCUT2D eigenvalue weighted by atomic mass is 16.3. The Kier molecular flexibility index (Phi) is 5.59. The highest BCUT2D eigenvalue weighted by Crippen LogP contribution is 2.44. The van der Waals surface area contributed by atoms with Crippen LogP contribution in [-0.4, -0.2) is 64.2 Å². The Bertz CT molecular complexity index is 961. The van der Waals surface area contributed by atoms with E-state index in [2.05, 4.69) is 62.4 Å². The number of fused-ring (bicyclic) bond motifs is 1. The number of nitrogens with one attached hydrogen (secondary N) is 1. The van der Waals surface area contributed by atoms with E-state index in [1.807, 2.05) is 12.3 Å². The molecule has 1 atom stereocenters. The lowest BCUT2D eigenvalue weighted by Crippen LogP contribution is -2.44. The minimum atomic E-state index is 0.281. The summed E-state index contributed by atoms with van der Waals surface area (Å²) in [5.41, 5.74) is 4.00. The first kappa shape index (κ1) is 19.7. The third-order valence-electron chi connectivity index (χ3n) is 7.45. The van der Waals surface area contributed by atoms with Crippen LogP contribution in [0, 0.1) is 11.3 Å². The van der Waals surface area contributed by atoms with Crippen LogP contribution >= 0.6 is 0 Å². The SMILES string of the molecule is OCC1CN(CCc2ccccc2)CC12CCN(Cc1c[nH]c3ncccc13)CC2. The molecule has 5 nitrogen and oxygen atoms in total. The number of pyridine rings is 1. The van der Waals surface area contributed by atoms with Crippen molar-refractivity contribution in [1.29, 1.82) is 0 Å². The second-order valence-corrected chi connectivity index (χ2v) is 9.20. The Morgan fingerprint density at radius 3 is 2.70 bits per heavy atom. The number of hydrogen-bond acceptors (Lipinski definition) is 4. The Hall–Kier alpha value is -2.21. The lowest BCUT2D eigenvalue weighted by molar-refractivity contribution is 0.0485. The van der Waals surface area contributed by atoms with Crippen LogP contribution in [0.15, 0.2) is 54.9 Å². The molecule has 1 unspecified atom stereocenters. The molecule has 2 aromatic heterocycles. The zero-order valence-corrected chi connectivity index (χ0v) is 17.6. The number of benzene rings is 1. The van der Waals surface area contributed by atoms with Crippen molar-refractivity contribution in [3.05, 3.63) is 66.0 Å². The fraction of sp³-hybridized carbons (Fsp3) is 0.480. The average molecular weight is 405 g/mol. The van der Waals surface area contributed by atoms with Gasteiger partial charge in [0.15, 0.2) is 0 Å². The number of piperidine rings is 1. The molecule has 2 fully saturated rings. The third kappa shape index (κ3) is 3.89. The van der Waals surface area contributed by atoms with Crippen molar-refractivity contribution in [2.45, 2.75) is 25.8 Å². The molecule has 2 aliphatic rings. The van der Waals surface area contributed by atoms with Gasteiger partial charge in [-0.05, 0) is 61.0 Å². The van der Waals surface area contributed by atoms with Gasteiger partial charge >= 0.3 is 0 Å². The van der Waals surface area contributed by atoms with Gasteiger partial charge in [-0.1, -0.05) is 30.3 Å². The van der Waals surface area contributed by atoms with E-state index in [1.165, 1.54) is 29.4 Å². The molecule has 158 valence electrons. The molecule has 1 aromatic carbocycles. The van der Waals surface area contributed by atoms with Crippen LogP contribution < -0.4 is 0 Å². The van der Waals surface area contributed by atoms with Gasteiger partial charge in [0.2, 0.25) is 0 Å². The molecular formula is C25H32N4O. The minimum absolute atomic E-state index is 0.281. The van der Waals surface area contributed by atoms with Crippen molar-refractivity contribution >= 4 is 11.0 Å². The van der Waals surface area contributed by atoms with Gasteiger partial charge in [0.05, 0.1) is 0 Å². The summed E-state index contributed by atoms with van der Waals surface area (Å²) in [5.74, 6) is 0.410. The topological polar surface area (TPSA) is 55.4 Å². The molecule has 0 aliphatic carbocycles. The van der Waals surface area contributed by atoms with E-state index in [0.717, 1.165) is 51.3 Å². The predicted octanol–water partition coefficient (Wildman–Crippen LogP) is 3.31. The van der Waals surface area contributed by atoms with Gasteiger partial charge < -0.3 is 15.0 Å². The Balaban J connectivity index is 1.19. The molecule has 0 radical (unpaired) electrons. The molecular weight excluding hydrogens is 372 g/mol. The summed E-state index contributed by atoms with van der Waals surface area (Å²) in [6.45, 7) is 6.77. The smallest absolute Gasteiger partial charge is 0.137 e. The maximum absolute atomic E-state index is 10.1. The first-order chi connectivity index (χ1) is 14.8. The van der Waals surface area contributed by atoms with Gasteiger partial charge in [-0.2, -0.15) is 0 Å². The van der Waals surface area contributed by atoms with Gasteiger partial charge in [-0.25, -0.2) is 4.98 Å². The van der Waals surface area contributed by atoms with E-state index in [-0.39, 0.29) is 5.41 Å². The summed E-state index contributed by atoms with van der Waals surface area (Å²) in [6, 6.07) is 14.9. The third-order valence-corrected chi connectivity index (χ3v) is 7.45. The van der Waals surface area contributed by atoms with Crippen molar-refractivity contribution in [1.82, 2.24) is 19.8 Å². The van der Waals surface area contributed by atoms with Crippen LogP contribution in [0.3, 0.4) is 0 Å². The predicted molar refractivity (Wildman–Crippen MR) is 120 cm³/mol. The van der Waals surface area contributed by atoms with Gasteiger partial charge in [0.25, 0.3) is 0 Å². The number of nitrogens with zero attached hydrogens (tertiary/aromatic N) is 3. The van der Waals surface area contributed by atoms with E-state index in [1.54, 1.807) is 0 Å². The zero-order chi connectivity index (χ0) is 20.4. The number of aromatic amines is 1. The summed E-state index contributed by atoms with van der Waals surface area (Å²) >= 11 is 0. The first-order valence-electron chi connectivity index (χ1n) is 11.3. The molecule has 0 amide bonds. The molecule has 5 rings (SSSR count). The van der Waals surface area contributed by atoms with E-state index in [4.69, 9.17) is 0 Å². The average Bonchev–Trinajstić information content (AvgIpc) is 3.36. The van der Waals surface area contributed by atoms with E-state index >= 15 is 0 Å². The largest absolute Gasteiger partial charge is 0.396 e. The van der Waals surface area contributed by atoms with E-state index < -0.39 is 0 Å². The number of rotatable bonds is 6. The van der Waals surface area contributed by atoms with E-state index in [0.29, 0.717) is 12.5 Å². The first-order valence-corrected chi connectivity index (χ1v) is 11.3. The molecule has 5 heteroatoms. The van der Waals surface area contributed by atoms with Crippen molar-refractivity contribution in [3.63, 3.8) is 0 Å². The van der Waals surface area contributed by atoms with Crippen LogP contribution in [0.25, 0.3) is 11.0 Å². The highest BCUT2D eigenvalue weighted by Gasteiger charge is 2.47. The number of aliphatic hydroxyl groups is 1. The molecule has 2 saturated heterocycles. The monoisotopic (exact) mass is 404 g/mol. The van der Waals surface area contributed by atoms with Crippen molar-refractivity contribution < 1.29 is 5.11 Å². The van der Waals surface area contributed by atoms with Gasteiger partial charge in [-0.15, -0.1) is 0 Å². The maximum Gasteiger partial charge on any atom is 0.137 e. The molecule has 2 aliphatic heterocycles. The molecule has 3 aromatic rings. The fourth-order valence-corrected chi connectivity index (χ4v) is 5.61.